The molecule has 35 heavy (non-hydrogen) atoms. The molecule has 0 saturated carbocycles. The Morgan fingerprint density at radius 3 is 2.31 bits per heavy atom. The molecule has 0 radical (unpaired) electrons. The van der Waals surface area contributed by atoms with Gasteiger partial charge in [-0.3, -0.25) is 9.69 Å². The highest BCUT2D eigenvalue weighted by atomic mass is 16.1. The number of amides is 1. The monoisotopic (exact) mass is 479 g/mol. The first-order valence-electron chi connectivity index (χ1n) is 12.9. The van der Waals surface area contributed by atoms with Crippen LogP contribution in [0, 0.1) is 6.92 Å². The summed E-state index contributed by atoms with van der Waals surface area (Å²) in [6, 6.07) is 7.91. The molecule has 0 atom stereocenters. The van der Waals surface area contributed by atoms with Gasteiger partial charge in [0.25, 0.3) is 5.91 Å². The molecule has 0 aliphatic carbocycles. The molecule has 0 bridgehead atoms. The van der Waals surface area contributed by atoms with Crippen LogP contribution in [-0.4, -0.2) is 61.8 Å². The largest absolute Gasteiger partial charge is 0.352 e. The van der Waals surface area contributed by atoms with E-state index in [-0.39, 0.29) is 5.91 Å². The van der Waals surface area contributed by atoms with Crippen LogP contribution in [0.1, 0.15) is 72.7 Å². The van der Waals surface area contributed by atoms with Crippen LogP contribution in [0.25, 0.3) is 0 Å². The topological polar surface area (TPSA) is 92.9 Å². The third-order valence-electron chi connectivity index (χ3n) is 6.13. The lowest BCUT2D eigenvalue weighted by molar-refractivity contribution is 0.0952. The number of carbonyl (C=O) groups is 1. The number of H-pyrrole nitrogens is 2. The Bertz CT molecular complexity index is 975. The summed E-state index contributed by atoms with van der Waals surface area (Å²) in [6.07, 6.45) is 9.84. The van der Waals surface area contributed by atoms with Gasteiger partial charge in [0.15, 0.2) is 0 Å². The van der Waals surface area contributed by atoms with Crippen molar-refractivity contribution >= 4 is 5.91 Å². The normalized spacial score (nSPS) is 11.5. The van der Waals surface area contributed by atoms with Crippen molar-refractivity contribution in [3.05, 3.63) is 71.3 Å². The highest BCUT2D eigenvalue weighted by Crippen LogP contribution is 2.14. The molecule has 8 nitrogen and oxygen atoms in total. The molecule has 1 amide bonds. The molecule has 3 rings (SSSR count). The highest BCUT2D eigenvalue weighted by Gasteiger charge is 2.13. The number of nitrogens with zero attached hydrogens (tertiary/aromatic N) is 4. The number of carbonyl (C=O) groups excluding carboxylic acids is 1. The SMILES string of the molecule is CCCN(CCC)CCCCNC(=O)c1ccc(CN(Cc2ncc[nH]2)Cc2[nH]cnc2C)cc1. The molecule has 0 aliphatic heterocycles. The first kappa shape index (κ1) is 26.6. The minimum absolute atomic E-state index is 0.00366. The van der Waals surface area contributed by atoms with Gasteiger partial charge in [0.05, 0.1) is 24.3 Å². The molecule has 2 heterocycles. The van der Waals surface area contributed by atoms with Crippen LogP contribution in [0.15, 0.2) is 43.0 Å². The molecule has 3 N–H and O–H groups in total. The van der Waals surface area contributed by atoms with Crippen LogP contribution in [0.2, 0.25) is 0 Å². The first-order valence-corrected chi connectivity index (χ1v) is 12.9. The maximum atomic E-state index is 12.6. The summed E-state index contributed by atoms with van der Waals surface area (Å²) in [5.41, 5.74) is 3.96. The molecular weight excluding hydrogens is 438 g/mol. The first-order chi connectivity index (χ1) is 17.1. The maximum absolute atomic E-state index is 12.6. The van der Waals surface area contributed by atoms with Crippen molar-refractivity contribution < 1.29 is 4.79 Å². The van der Waals surface area contributed by atoms with Gasteiger partial charge in [-0.1, -0.05) is 26.0 Å². The zero-order valence-corrected chi connectivity index (χ0v) is 21.5. The Labute approximate surface area is 209 Å². The van der Waals surface area contributed by atoms with Gasteiger partial charge < -0.3 is 20.2 Å². The Balaban J connectivity index is 1.48. The van der Waals surface area contributed by atoms with Crippen molar-refractivity contribution in [3.63, 3.8) is 0 Å². The van der Waals surface area contributed by atoms with Crippen LogP contribution < -0.4 is 5.32 Å². The van der Waals surface area contributed by atoms with Gasteiger partial charge in [-0.25, -0.2) is 9.97 Å². The van der Waals surface area contributed by atoms with Gasteiger partial charge in [-0.15, -0.1) is 0 Å². The van der Waals surface area contributed by atoms with Gasteiger partial charge in [0.2, 0.25) is 0 Å². The Hall–Kier alpha value is -2.97. The van der Waals surface area contributed by atoms with Crippen molar-refractivity contribution in [2.75, 3.05) is 26.2 Å². The number of rotatable bonds is 16. The van der Waals surface area contributed by atoms with Crippen LogP contribution in [0.4, 0.5) is 0 Å². The zero-order valence-electron chi connectivity index (χ0n) is 21.5. The summed E-state index contributed by atoms with van der Waals surface area (Å²) in [5, 5.41) is 3.07. The summed E-state index contributed by atoms with van der Waals surface area (Å²) in [6.45, 7) is 12.8. The number of hydrogen-bond acceptors (Lipinski definition) is 5. The van der Waals surface area contributed by atoms with E-state index >= 15 is 0 Å². The molecule has 0 aliphatic rings. The number of imidazole rings is 2. The van der Waals surface area contributed by atoms with E-state index in [2.05, 4.69) is 48.9 Å². The Morgan fingerprint density at radius 1 is 0.914 bits per heavy atom. The van der Waals surface area contributed by atoms with Crippen molar-refractivity contribution in [1.82, 2.24) is 35.1 Å². The predicted octanol–water partition coefficient (Wildman–Crippen LogP) is 4.28. The van der Waals surface area contributed by atoms with Crippen LogP contribution in [-0.2, 0) is 19.6 Å². The van der Waals surface area contributed by atoms with E-state index in [1.165, 1.54) is 12.8 Å². The van der Waals surface area contributed by atoms with E-state index in [0.717, 1.165) is 68.3 Å². The lowest BCUT2D eigenvalue weighted by Crippen LogP contribution is -2.28. The Morgan fingerprint density at radius 2 is 1.69 bits per heavy atom. The van der Waals surface area contributed by atoms with E-state index in [9.17, 15) is 4.79 Å². The van der Waals surface area contributed by atoms with Gasteiger partial charge in [0.1, 0.15) is 5.82 Å². The maximum Gasteiger partial charge on any atom is 0.251 e. The van der Waals surface area contributed by atoms with Crippen molar-refractivity contribution in [1.29, 1.82) is 0 Å². The van der Waals surface area contributed by atoms with Crippen LogP contribution in [0.3, 0.4) is 0 Å². The van der Waals surface area contributed by atoms with Crippen LogP contribution in [0.5, 0.6) is 0 Å². The summed E-state index contributed by atoms with van der Waals surface area (Å²) >= 11 is 0. The molecule has 1 aromatic carbocycles. The van der Waals surface area contributed by atoms with E-state index in [4.69, 9.17) is 0 Å². The number of hydrogen-bond donors (Lipinski definition) is 3. The highest BCUT2D eigenvalue weighted by molar-refractivity contribution is 5.94. The summed E-state index contributed by atoms with van der Waals surface area (Å²) in [5.74, 6) is 0.918. The molecule has 190 valence electrons. The number of nitrogens with one attached hydrogen (secondary N) is 3. The molecule has 0 unspecified atom stereocenters. The minimum atomic E-state index is -0.00366. The second-order valence-electron chi connectivity index (χ2n) is 9.15. The average molecular weight is 480 g/mol. The minimum Gasteiger partial charge on any atom is -0.352 e. The Kier molecular flexibility index (Phi) is 11.0. The molecule has 2 aromatic heterocycles. The zero-order chi connectivity index (χ0) is 24.9. The van der Waals surface area contributed by atoms with Gasteiger partial charge in [-0.2, -0.15) is 0 Å². The number of unbranched alkanes of at least 4 members (excludes halogenated alkanes) is 1. The van der Waals surface area contributed by atoms with E-state index in [1.54, 1.807) is 12.5 Å². The lowest BCUT2D eigenvalue weighted by atomic mass is 10.1. The van der Waals surface area contributed by atoms with Crippen molar-refractivity contribution in [2.45, 2.75) is 66.1 Å². The summed E-state index contributed by atoms with van der Waals surface area (Å²) in [4.78, 5) is 32.5. The van der Waals surface area contributed by atoms with E-state index in [0.29, 0.717) is 18.7 Å². The number of aromatic amines is 2. The molecule has 8 heteroatoms. The number of aryl methyl sites for hydroxylation is 1. The second kappa shape index (κ2) is 14.4. The molecular formula is C27H41N7O. The number of aromatic nitrogens is 4. The predicted molar refractivity (Wildman–Crippen MR) is 140 cm³/mol. The van der Waals surface area contributed by atoms with Crippen molar-refractivity contribution in [2.24, 2.45) is 0 Å². The lowest BCUT2D eigenvalue weighted by Gasteiger charge is -2.21. The van der Waals surface area contributed by atoms with Gasteiger partial charge in [-0.05, 0) is 69.9 Å². The fourth-order valence-electron chi connectivity index (χ4n) is 4.29. The van der Waals surface area contributed by atoms with Gasteiger partial charge in [0, 0.05) is 37.6 Å². The third-order valence-corrected chi connectivity index (χ3v) is 6.13. The fraction of sp³-hybridized carbons (Fsp3) is 0.519. The number of benzene rings is 1. The fourth-order valence-corrected chi connectivity index (χ4v) is 4.29. The standard InChI is InChI=1S/C27H41N7O/c1-4-15-33(16-5-2)17-7-6-12-30-27(35)24-10-8-23(9-11-24)18-34(20-26-28-13-14-29-26)19-25-22(3)31-21-32-25/h8-11,13-14,21H,4-7,12,15-20H2,1-3H3,(H,28,29)(H,30,35)(H,31,32). The summed E-state index contributed by atoms with van der Waals surface area (Å²) < 4.78 is 0. The third kappa shape index (κ3) is 8.96. The van der Waals surface area contributed by atoms with Crippen LogP contribution >= 0.6 is 0 Å². The molecule has 0 spiro atoms. The van der Waals surface area contributed by atoms with E-state index < -0.39 is 0 Å². The quantitative estimate of drug-likeness (QED) is 0.267. The molecule has 3 aromatic rings. The average Bonchev–Trinajstić information content (AvgIpc) is 3.51. The molecule has 0 fully saturated rings. The van der Waals surface area contributed by atoms with E-state index in [1.807, 2.05) is 37.4 Å². The summed E-state index contributed by atoms with van der Waals surface area (Å²) in [7, 11) is 0. The van der Waals surface area contributed by atoms with Gasteiger partial charge >= 0.3 is 0 Å². The second-order valence-corrected chi connectivity index (χ2v) is 9.15. The molecule has 0 saturated heterocycles. The smallest absolute Gasteiger partial charge is 0.251 e. The van der Waals surface area contributed by atoms with Crippen molar-refractivity contribution in [3.8, 4) is 0 Å².